The first-order valence-electron chi connectivity index (χ1n) is 11.0. The van der Waals surface area contributed by atoms with Crippen LogP contribution in [0.3, 0.4) is 0 Å². The lowest BCUT2D eigenvalue weighted by molar-refractivity contribution is -0.131. The first-order chi connectivity index (χ1) is 17.2. The highest BCUT2D eigenvalue weighted by Gasteiger charge is 2.35. The van der Waals surface area contributed by atoms with Gasteiger partial charge in [-0.3, -0.25) is 14.7 Å². The number of amides is 2. The summed E-state index contributed by atoms with van der Waals surface area (Å²) in [4.78, 5) is 30.2. The fourth-order valence-electron chi connectivity index (χ4n) is 4.10. The minimum atomic E-state index is -4.55. The van der Waals surface area contributed by atoms with Crippen LogP contribution in [0, 0.1) is 0 Å². The highest BCUT2D eigenvalue weighted by molar-refractivity contribution is 5.98. The molecule has 5 rings (SSSR count). The molecule has 0 atom stereocenters. The number of nitrogens with one attached hydrogen (secondary N) is 1. The number of fused-ring (bicyclic) bond motifs is 1. The van der Waals surface area contributed by atoms with Gasteiger partial charge in [0.1, 0.15) is 17.2 Å². The maximum absolute atomic E-state index is 12.3. The Kier molecular flexibility index (Phi) is 5.75. The van der Waals surface area contributed by atoms with E-state index >= 15 is 0 Å². The molecule has 4 aromatic rings. The van der Waals surface area contributed by atoms with Gasteiger partial charge >= 0.3 is 6.18 Å². The number of ether oxygens (including phenoxy) is 1. The summed E-state index contributed by atoms with van der Waals surface area (Å²) in [6, 6.07) is 16.3. The van der Waals surface area contributed by atoms with Crippen molar-refractivity contribution in [1.29, 1.82) is 0 Å². The average Bonchev–Trinajstić information content (AvgIpc) is 3.37. The van der Waals surface area contributed by atoms with Gasteiger partial charge in [0.15, 0.2) is 11.3 Å². The van der Waals surface area contributed by atoms with Crippen molar-refractivity contribution in [2.24, 2.45) is 5.73 Å². The van der Waals surface area contributed by atoms with Gasteiger partial charge < -0.3 is 15.4 Å². The number of benzene rings is 2. The van der Waals surface area contributed by atoms with Crippen molar-refractivity contribution in [2.75, 3.05) is 13.1 Å². The number of aromatic amines is 1. The average molecular weight is 495 g/mol. The molecule has 3 N–H and O–H groups in total. The fourth-order valence-corrected chi connectivity index (χ4v) is 4.10. The number of rotatable bonds is 6. The molecule has 0 saturated carbocycles. The zero-order valence-electron chi connectivity index (χ0n) is 18.7. The Morgan fingerprint density at radius 2 is 1.72 bits per heavy atom. The molecule has 1 aliphatic rings. The van der Waals surface area contributed by atoms with Gasteiger partial charge in [-0.2, -0.15) is 13.2 Å². The van der Waals surface area contributed by atoms with Gasteiger partial charge in [0.05, 0.1) is 0 Å². The van der Waals surface area contributed by atoms with E-state index in [-0.39, 0.29) is 30.8 Å². The van der Waals surface area contributed by atoms with Gasteiger partial charge in [0.2, 0.25) is 5.91 Å². The van der Waals surface area contributed by atoms with E-state index in [0.29, 0.717) is 34.5 Å². The molecule has 2 amide bonds. The third-order valence-corrected chi connectivity index (χ3v) is 5.87. The van der Waals surface area contributed by atoms with Crippen molar-refractivity contribution < 1.29 is 27.5 Å². The number of para-hydroxylation sites is 1. The largest absolute Gasteiger partial charge is 0.457 e. The van der Waals surface area contributed by atoms with Crippen molar-refractivity contribution in [3.8, 4) is 22.8 Å². The Labute approximate surface area is 202 Å². The third-order valence-electron chi connectivity index (χ3n) is 5.87. The van der Waals surface area contributed by atoms with E-state index in [1.54, 1.807) is 30.5 Å². The lowest BCUT2D eigenvalue weighted by atomic mass is 9.93. The Morgan fingerprint density at radius 1 is 1.06 bits per heavy atom. The van der Waals surface area contributed by atoms with Crippen molar-refractivity contribution >= 4 is 17.5 Å². The van der Waals surface area contributed by atoms with Crippen LogP contribution in [0.15, 0.2) is 72.9 Å². The van der Waals surface area contributed by atoms with Gasteiger partial charge in [0.25, 0.3) is 5.91 Å². The molecule has 1 aliphatic heterocycles. The van der Waals surface area contributed by atoms with Crippen LogP contribution in [-0.2, 0) is 4.79 Å². The van der Waals surface area contributed by atoms with Crippen LogP contribution in [0.1, 0.15) is 22.0 Å². The lowest BCUT2D eigenvalue weighted by Crippen LogP contribution is -2.47. The number of primary amides is 1. The minimum Gasteiger partial charge on any atom is -0.457 e. The molecule has 2 aromatic heterocycles. The van der Waals surface area contributed by atoms with Crippen LogP contribution in [0.4, 0.5) is 13.2 Å². The molecule has 1 saturated heterocycles. The molecule has 8 nitrogen and oxygen atoms in total. The van der Waals surface area contributed by atoms with Gasteiger partial charge in [-0.15, -0.1) is 0 Å². The Bertz CT molecular complexity index is 1450. The molecular formula is C25H20F3N5O3. The molecule has 0 unspecified atom stereocenters. The zero-order chi connectivity index (χ0) is 25.4. The maximum Gasteiger partial charge on any atom is 0.409 e. The molecule has 1 fully saturated rings. The summed E-state index contributed by atoms with van der Waals surface area (Å²) in [5.41, 5.74) is 8.04. The van der Waals surface area contributed by atoms with E-state index in [9.17, 15) is 22.8 Å². The molecule has 0 aliphatic carbocycles. The number of nitrogens with zero attached hydrogens (tertiary/aromatic N) is 3. The third kappa shape index (κ3) is 4.54. The van der Waals surface area contributed by atoms with Crippen LogP contribution in [0.2, 0.25) is 0 Å². The summed E-state index contributed by atoms with van der Waals surface area (Å²) >= 11 is 0. The summed E-state index contributed by atoms with van der Waals surface area (Å²) in [6.07, 6.45) is -2.44. The van der Waals surface area contributed by atoms with E-state index in [1.165, 1.54) is 9.42 Å². The quantitative estimate of drug-likeness (QED) is 0.390. The molecular weight excluding hydrogens is 475 g/mol. The minimum absolute atomic E-state index is 0.0761. The van der Waals surface area contributed by atoms with Crippen LogP contribution in [0.5, 0.6) is 11.5 Å². The van der Waals surface area contributed by atoms with E-state index in [2.05, 4.69) is 10.1 Å². The highest BCUT2D eigenvalue weighted by Crippen LogP contribution is 2.34. The number of alkyl halides is 3. The van der Waals surface area contributed by atoms with Gasteiger partial charge in [-0.05, 0) is 36.4 Å². The van der Waals surface area contributed by atoms with Crippen molar-refractivity contribution in [1.82, 2.24) is 19.5 Å². The monoisotopic (exact) mass is 495 g/mol. The predicted molar refractivity (Wildman–Crippen MR) is 125 cm³/mol. The highest BCUT2D eigenvalue weighted by atomic mass is 19.4. The summed E-state index contributed by atoms with van der Waals surface area (Å²) < 4.78 is 44.3. The van der Waals surface area contributed by atoms with Gasteiger partial charge in [-0.25, -0.2) is 9.50 Å². The second-order valence-electron chi connectivity index (χ2n) is 8.32. The first-order valence-corrected chi connectivity index (χ1v) is 11.0. The van der Waals surface area contributed by atoms with Crippen LogP contribution < -0.4 is 10.5 Å². The first kappa shape index (κ1) is 23.2. The number of carbonyl (C=O) groups is 2. The summed E-state index contributed by atoms with van der Waals surface area (Å²) in [5, 5.41) is 2.97. The van der Waals surface area contributed by atoms with Crippen molar-refractivity contribution in [2.45, 2.75) is 12.1 Å². The molecule has 0 bridgehead atoms. The number of halogens is 3. The number of carbonyl (C=O) groups excluding carboxylic acids is 2. The van der Waals surface area contributed by atoms with Crippen LogP contribution >= 0.6 is 0 Å². The normalized spacial score (nSPS) is 14.4. The predicted octanol–water partition coefficient (Wildman–Crippen LogP) is 4.26. The number of hydrogen-bond acceptors (Lipinski definition) is 4. The summed E-state index contributed by atoms with van der Waals surface area (Å²) in [6.45, 7) is 0.461. The van der Waals surface area contributed by atoms with Crippen LogP contribution in [-0.4, -0.2) is 50.6 Å². The number of aromatic nitrogens is 3. The molecule has 36 heavy (non-hydrogen) atoms. The molecule has 3 heterocycles. The van der Waals surface area contributed by atoms with E-state index in [4.69, 9.17) is 10.5 Å². The molecule has 0 radical (unpaired) electrons. The van der Waals surface area contributed by atoms with Crippen molar-refractivity contribution in [3.05, 3.63) is 84.2 Å². The fraction of sp³-hybridized carbons (Fsp3) is 0.160. The van der Waals surface area contributed by atoms with Gasteiger partial charge in [-0.1, -0.05) is 18.2 Å². The van der Waals surface area contributed by atoms with E-state index in [0.717, 1.165) is 5.56 Å². The standard InChI is InChI=1S/C25H20F3N5O3/c26-25(27,28)11-10-20(34)32-13-16(14-32)19-12-30-33-22(23(29)35)21(31-24(19)33)15-6-8-18(9-7-15)36-17-4-2-1-3-5-17/h1-12,16,30H,13-14H2,(H2,29,35)/b11-10+. The zero-order valence-corrected chi connectivity index (χ0v) is 18.7. The number of H-pyrrole nitrogens is 1. The number of nitrogens with two attached hydrogens (primary N) is 1. The van der Waals surface area contributed by atoms with E-state index in [1.807, 2.05) is 30.3 Å². The SMILES string of the molecule is NC(=O)c1c(-c2ccc(Oc3ccccc3)cc2)nc2c(C3CN(C(=O)/C=C/C(F)(F)F)C3)c[nH]n12. The lowest BCUT2D eigenvalue weighted by Gasteiger charge is -2.38. The number of likely N-dealkylation sites (tertiary alicyclic amines) is 1. The summed E-state index contributed by atoms with van der Waals surface area (Å²) in [5.74, 6) is -0.257. The van der Waals surface area contributed by atoms with Crippen LogP contribution in [0.25, 0.3) is 16.9 Å². The Balaban J connectivity index is 1.38. The second-order valence-corrected chi connectivity index (χ2v) is 8.32. The maximum atomic E-state index is 12.3. The molecule has 0 spiro atoms. The number of imidazole rings is 1. The Hall–Kier alpha value is -4.54. The molecule has 184 valence electrons. The van der Waals surface area contributed by atoms with Crippen molar-refractivity contribution in [3.63, 3.8) is 0 Å². The number of allylic oxidation sites excluding steroid dienone is 1. The smallest absolute Gasteiger partial charge is 0.409 e. The van der Waals surface area contributed by atoms with Gasteiger partial charge in [0, 0.05) is 48.5 Å². The Morgan fingerprint density at radius 3 is 2.36 bits per heavy atom. The molecule has 11 heteroatoms. The second kappa shape index (κ2) is 8.91. The summed E-state index contributed by atoms with van der Waals surface area (Å²) in [7, 11) is 0. The topological polar surface area (TPSA) is 106 Å². The number of hydrogen-bond donors (Lipinski definition) is 2. The van der Waals surface area contributed by atoms with E-state index < -0.39 is 18.0 Å². The molecule has 2 aromatic carbocycles.